The Bertz CT molecular complexity index is 545. The quantitative estimate of drug-likeness (QED) is 0.823. The predicted molar refractivity (Wildman–Crippen MR) is 91.1 cm³/mol. The number of rotatable bonds is 6. The average Bonchev–Trinajstić information content (AvgIpc) is 2.84. The van der Waals surface area contributed by atoms with Crippen LogP contribution >= 0.6 is 11.3 Å². The number of nitrogens with two attached hydrogens (primary N) is 1. The van der Waals surface area contributed by atoms with Gasteiger partial charge in [-0.25, -0.2) is 4.98 Å². The molecule has 2 rings (SSSR count). The van der Waals surface area contributed by atoms with E-state index in [9.17, 15) is 9.59 Å². The van der Waals surface area contributed by atoms with E-state index in [1.54, 1.807) is 11.3 Å². The summed E-state index contributed by atoms with van der Waals surface area (Å²) in [5, 5.41) is 4.14. The highest BCUT2D eigenvalue weighted by Crippen LogP contribution is 2.26. The molecule has 1 aromatic heterocycles. The summed E-state index contributed by atoms with van der Waals surface area (Å²) in [5.41, 5.74) is 6.25. The molecule has 7 heteroatoms. The Balaban J connectivity index is 1.89. The molecule has 0 unspecified atom stereocenters. The first kappa shape index (κ1) is 17.9. The first-order valence-corrected chi connectivity index (χ1v) is 8.97. The minimum atomic E-state index is -0.312. The average molecular weight is 338 g/mol. The van der Waals surface area contributed by atoms with E-state index in [1.807, 2.05) is 11.8 Å². The van der Waals surface area contributed by atoms with Gasteiger partial charge in [0.25, 0.3) is 0 Å². The zero-order valence-electron chi connectivity index (χ0n) is 14.1. The summed E-state index contributed by atoms with van der Waals surface area (Å²) in [7, 11) is 0. The van der Waals surface area contributed by atoms with Crippen LogP contribution in [-0.2, 0) is 9.59 Å². The van der Waals surface area contributed by atoms with Crippen molar-refractivity contribution in [3.63, 3.8) is 0 Å². The van der Waals surface area contributed by atoms with Crippen LogP contribution in [-0.4, -0.2) is 41.3 Å². The molecule has 1 saturated heterocycles. The molecule has 23 heavy (non-hydrogen) atoms. The molecule has 0 radical (unpaired) electrons. The third-order valence-corrected chi connectivity index (χ3v) is 5.59. The summed E-state index contributed by atoms with van der Waals surface area (Å²) in [6, 6.07) is -0.0106. The third kappa shape index (κ3) is 4.75. The first-order chi connectivity index (χ1) is 10.9. The van der Waals surface area contributed by atoms with Crippen molar-refractivity contribution in [2.45, 2.75) is 46.1 Å². The normalized spacial score (nSPS) is 17.9. The van der Waals surface area contributed by atoms with Crippen molar-refractivity contribution >= 4 is 23.2 Å². The van der Waals surface area contributed by atoms with Crippen LogP contribution < -0.4 is 11.1 Å². The highest BCUT2D eigenvalue weighted by Gasteiger charge is 2.27. The molecule has 128 valence electrons. The lowest BCUT2D eigenvalue weighted by Crippen LogP contribution is -2.44. The zero-order valence-corrected chi connectivity index (χ0v) is 14.9. The van der Waals surface area contributed by atoms with E-state index in [1.165, 1.54) is 4.88 Å². The van der Waals surface area contributed by atoms with Gasteiger partial charge in [-0.1, -0.05) is 6.92 Å². The SMILES string of the molecule is CC[C@H](NC(=O)C1CCN(CC(N)=O)CC1)c1nc(C)c(C)s1. The molecule has 0 saturated carbocycles. The van der Waals surface area contributed by atoms with E-state index in [2.05, 4.69) is 24.1 Å². The number of hydrogen-bond donors (Lipinski definition) is 2. The van der Waals surface area contributed by atoms with Crippen LogP contribution in [0.4, 0.5) is 0 Å². The molecule has 3 N–H and O–H groups in total. The molecule has 6 nitrogen and oxygen atoms in total. The molecule has 0 aliphatic carbocycles. The molecule has 1 aromatic rings. The van der Waals surface area contributed by atoms with E-state index >= 15 is 0 Å². The van der Waals surface area contributed by atoms with Gasteiger partial charge < -0.3 is 11.1 Å². The molecule has 1 fully saturated rings. The Morgan fingerprint density at radius 3 is 2.52 bits per heavy atom. The number of carbonyl (C=O) groups excluding carboxylic acids is 2. The third-order valence-electron chi connectivity index (χ3n) is 4.41. The van der Waals surface area contributed by atoms with Crippen molar-refractivity contribution in [1.82, 2.24) is 15.2 Å². The van der Waals surface area contributed by atoms with Crippen LogP contribution in [0.25, 0.3) is 0 Å². The fourth-order valence-corrected chi connectivity index (χ4v) is 3.91. The number of carbonyl (C=O) groups is 2. The van der Waals surface area contributed by atoms with Gasteiger partial charge in [0.05, 0.1) is 18.3 Å². The van der Waals surface area contributed by atoms with Gasteiger partial charge >= 0.3 is 0 Å². The number of nitrogens with one attached hydrogen (secondary N) is 1. The number of aromatic nitrogens is 1. The van der Waals surface area contributed by atoms with Crippen molar-refractivity contribution < 1.29 is 9.59 Å². The molecule has 0 aromatic carbocycles. The molecular formula is C16H26N4O2S. The fourth-order valence-electron chi connectivity index (χ4n) is 2.85. The van der Waals surface area contributed by atoms with Gasteiger partial charge in [0.2, 0.25) is 11.8 Å². The first-order valence-electron chi connectivity index (χ1n) is 8.15. The number of amides is 2. The Hall–Kier alpha value is -1.47. The molecule has 0 spiro atoms. The molecule has 1 aliphatic heterocycles. The lowest BCUT2D eigenvalue weighted by molar-refractivity contribution is -0.127. The predicted octanol–water partition coefficient (Wildman–Crippen LogP) is 1.52. The number of hydrogen-bond acceptors (Lipinski definition) is 5. The minimum absolute atomic E-state index is 0.00957. The summed E-state index contributed by atoms with van der Waals surface area (Å²) in [4.78, 5) is 31.2. The zero-order chi connectivity index (χ0) is 17.0. The standard InChI is InChI=1S/C16H26N4O2S/c1-4-13(16-18-10(2)11(3)23-16)19-15(22)12-5-7-20(8-6-12)9-14(17)21/h12-13H,4-9H2,1-3H3,(H2,17,21)(H,19,22)/t13-/m0/s1. The van der Waals surface area contributed by atoms with E-state index in [0.29, 0.717) is 0 Å². The summed E-state index contributed by atoms with van der Waals surface area (Å²) >= 11 is 1.66. The van der Waals surface area contributed by atoms with Crippen molar-refractivity contribution in [2.75, 3.05) is 19.6 Å². The second-order valence-electron chi connectivity index (χ2n) is 6.18. The second-order valence-corrected chi connectivity index (χ2v) is 7.41. The molecular weight excluding hydrogens is 312 g/mol. The number of thiazole rings is 1. The maximum Gasteiger partial charge on any atom is 0.231 e. The maximum absolute atomic E-state index is 12.5. The highest BCUT2D eigenvalue weighted by atomic mass is 32.1. The lowest BCUT2D eigenvalue weighted by atomic mass is 9.95. The van der Waals surface area contributed by atoms with Crippen LogP contribution in [0.1, 0.15) is 47.8 Å². The van der Waals surface area contributed by atoms with Crippen molar-refractivity contribution in [3.8, 4) is 0 Å². The van der Waals surface area contributed by atoms with E-state index < -0.39 is 0 Å². The minimum Gasteiger partial charge on any atom is -0.369 e. The Morgan fingerprint density at radius 2 is 2.04 bits per heavy atom. The molecule has 2 amide bonds. The second kappa shape index (κ2) is 7.88. The van der Waals surface area contributed by atoms with Gasteiger partial charge in [0, 0.05) is 10.8 Å². The molecule has 1 atom stereocenters. The monoisotopic (exact) mass is 338 g/mol. The summed E-state index contributed by atoms with van der Waals surface area (Å²) in [5.74, 6) is -0.204. The Kier molecular flexibility index (Phi) is 6.12. The van der Waals surface area contributed by atoms with Crippen LogP contribution in [0.2, 0.25) is 0 Å². The largest absolute Gasteiger partial charge is 0.369 e. The molecule has 2 heterocycles. The van der Waals surface area contributed by atoms with Crippen LogP contribution in [0.5, 0.6) is 0 Å². The van der Waals surface area contributed by atoms with Gasteiger partial charge in [-0.2, -0.15) is 0 Å². The number of piperidine rings is 1. The van der Waals surface area contributed by atoms with Crippen molar-refractivity contribution in [1.29, 1.82) is 0 Å². The van der Waals surface area contributed by atoms with Gasteiger partial charge in [-0.05, 0) is 46.2 Å². The number of aryl methyl sites for hydroxylation is 2. The molecule has 0 bridgehead atoms. The highest BCUT2D eigenvalue weighted by molar-refractivity contribution is 7.11. The molecule has 1 aliphatic rings. The summed E-state index contributed by atoms with van der Waals surface area (Å²) in [6.07, 6.45) is 2.37. The Labute approximate surface area is 141 Å². The van der Waals surface area contributed by atoms with Crippen LogP contribution in [0, 0.1) is 19.8 Å². The maximum atomic E-state index is 12.5. The lowest BCUT2D eigenvalue weighted by Gasteiger charge is -2.31. The summed E-state index contributed by atoms with van der Waals surface area (Å²) < 4.78 is 0. The smallest absolute Gasteiger partial charge is 0.231 e. The van der Waals surface area contributed by atoms with Gasteiger partial charge in [-0.3, -0.25) is 14.5 Å². The van der Waals surface area contributed by atoms with Gasteiger partial charge in [-0.15, -0.1) is 11.3 Å². The number of primary amides is 1. The topological polar surface area (TPSA) is 88.3 Å². The van der Waals surface area contributed by atoms with Crippen LogP contribution in [0.15, 0.2) is 0 Å². The van der Waals surface area contributed by atoms with E-state index in [-0.39, 0.29) is 30.3 Å². The van der Waals surface area contributed by atoms with Crippen LogP contribution in [0.3, 0.4) is 0 Å². The van der Waals surface area contributed by atoms with Gasteiger partial charge in [0.15, 0.2) is 0 Å². The van der Waals surface area contributed by atoms with Crippen molar-refractivity contribution in [2.24, 2.45) is 11.7 Å². The summed E-state index contributed by atoms with van der Waals surface area (Å²) in [6.45, 7) is 7.88. The van der Waals surface area contributed by atoms with E-state index in [0.717, 1.165) is 43.1 Å². The van der Waals surface area contributed by atoms with E-state index in [4.69, 9.17) is 5.73 Å². The fraction of sp³-hybridized carbons (Fsp3) is 0.688. The number of likely N-dealkylation sites (tertiary alicyclic amines) is 1. The Morgan fingerprint density at radius 1 is 1.39 bits per heavy atom. The van der Waals surface area contributed by atoms with Gasteiger partial charge in [0.1, 0.15) is 5.01 Å². The number of nitrogens with zero attached hydrogens (tertiary/aromatic N) is 2. The van der Waals surface area contributed by atoms with Crippen molar-refractivity contribution in [3.05, 3.63) is 15.6 Å².